The number of rotatable bonds is 4. The van der Waals surface area contributed by atoms with Crippen LogP contribution in [0.1, 0.15) is 16.6 Å². The summed E-state index contributed by atoms with van der Waals surface area (Å²) in [5.41, 5.74) is 0.378. The minimum absolute atomic E-state index is 0.301. The van der Waals surface area contributed by atoms with E-state index >= 15 is 0 Å². The van der Waals surface area contributed by atoms with E-state index < -0.39 is 18.0 Å². The van der Waals surface area contributed by atoms with Crippen molar-refractivity contribution >= 4 is 28.5 Å². The third-order valence-corrected chi connectivity index (χ3v) is 3.08. The van der Waals surface area contributed by atoms with Gasteiger partial charge < -0.3 is 10.4 Å². The van der Waals surface area contributed by atoms with Gasteiger partial charge in [0.2, 0.25) is 5.13 Å². The molecule has 106 valence electrons. The Hall–Kier alpha value is -2.49. The quantitative estimate of drug-likeness (QED) is 0.756. The molecule has 1 unspecified atom stereocenters. The molecule has 2 aromatic rings. The van der Waals surface area contributed by atoms with Crippen molar-refractivity contribution in [3.63, 3.8) is 0 Å². The number of nitrogens with one attached hydrogen (secondary N) is 2. The predicted molar refractivity (Wildman–Crippen MR) is 70.4 cm³/mol. The molecular weight excluding hydrogens is 284 g/mol. The maximum absolute atomic E-state index is 11.7. The van der Waals surface area contributed by atoms with Crippen LogP contribution in [-0.4, -0.2) is 37.1 Å². The summed E-state index contributed by atoms with van der Waals surface area (Å²) in [5, 5.41) is 26.3. The van der Waals surface area contributed by atoms with E-state index in [1.165, 1.54) is 28.4 Å². The van der Waals surface area contributed by atoms with Crippen molar-refractivity contribution in [1.29, 1.82) is 0 Å². The van der Waals surface area contributed by atoms with E-state index in [9.17, 15) is 9.59 Å². The molecule has 0 saturated heterocycles. The molecule has 2 heterocycles. The lowest BCUT2D eigenvalue weighted by Gasteiger charge is -2.12. The van der Waals surface area contributed by atoms with Gasteiger partial charge in [0, 0.05) is 18.8 Å². The fourth-order valence-corrected chi connectivity index (χ4v) is 2.08. The number of aromatic nitrogens is 4. The normalized spacial score (nSPS) is 11.9. The Morgan fingerprint density at radius 2 is 2.20 bits per heavy atom. The number of carboxylic acids is 1. The Labute approximate surface area is 117 Å². The second kappa shape index (κ2) is 5.65. The van der Waals surface area contributed by atoms with Gasteiger partial charge >= 0.3 is 12.0 Å². The molecule has 0 spiro atoms. The first kappa shape index (κ1) is 13.9. The Morgan fingerprint density at radius 3 is 2.70 bits per heavy atom. The molecule has 0 radical (unpaired) electrons. The zero-order chi connectivity index (χ0) is 14.7. The molecule has 0 fully saturated rings. The van der Waals surface area contributed by atoms with Gasteiger partial charge in [0.1, 0.15) is 5.01 Å². The molecule has 2 aromatic heterocycles. The number of nitrogens with zero attached hydrogens (tertiary/aromatic N) is 4. The van der Waals surface area contributed by atoms with Gasteiger partial charge in [-0.15, -0.1) is 10.2 Å². The topological polar surface area (TPSA) is 122 Å². The monoisotopic (exact) mass is 296 g/mol. The number of anilines is 1. The average molecular weight is 296 g/mol. The van der Waals surface area contributed by atoms with E-state index in [1.54, 1.807) is 14.0 Å². The molecule has 0 bridgehead atoms. The van der Waals surface area contributed by atoms with Gasteiger partial charge in [-0.2, -0.15) is 5.10 Å². The van der Waals surface area contributed by atoms with Crippen molar-refractivity contribution in [1.82, 2.24) is 25.3 Å². The van der Waals surface area contributed by atoms with Crippen LogP contribution >= 0.6 is 11.3 Å². The molecule has 20 heavy (non-hydrogen) atoms. The van der Waals surface area contributed by atoms with Crippen LogP contribution in [0.4, 0.5) is 9.93 Å². The lowest BCUT2D eigenvalue weighted by molar-refractivity contribution is -0.139. The number of hydrogen-bond donors (Lipinski definition) is 3. The van der Waals surface area contributed by atoms with Crippen molar-refractivity contribution < 1.29 is 14.7 Å². The number of carbonyl (C=O) groups excluding carboxylic acids is 1. The predicted octanol–water partition coefficient (Wildman–Crippen LogP) is 0.527. The van der Waals surface area contributed by atoms with Crippen LogP contribution in [0.2, 0.25) is 0 Å². The van der Waals surface area contributed by atoms with E-state index in [1.807, 2.05) is 0 Å². The highest BCUT2D eigenvalue weighted by atomic mass is 32.1. The van der Waals surface area contributed by atoms with E-state index in [4.69, 9.17) is 5.11 Å². The van der Waals surface area contributed by atoms with Crippen LogP contribution < -0.4 is 10.6 Å². The fraction of sp³-hybridized carbons (Fsp3) is 0.300. The molecule has 2 rings (SSSR count). The standard InChI is InChI=1S/C10H12N6O3S/c1-5-14-15-10(20-5)13-9(19)12-7(8(17)18)6-3-11-16(2)4-6/h3-4,7H,1-2H3,(H,17,18)(H2,12,13,15,19). The van der Waals surface area contributed by atoms with Gasteiger partial charge in [-0.3, -0.25) is 10.00 Å². The van der Waals surface area contributed by atoms with Crippen molar-refractivity contribution in [2.75, 3.05) is 5.32 Å². The molecule has 2 amide bonds. The van der Waals surface area contributed by atoms with E-state index in [0.29, 0.717) is 15.7 Å². The van der Waals surface area contributed by atoms with Crippen LogP contribution in [0.5, 0.6) is 0 Å². The van der Waals surface area contributed by atoms with Crippen LogP contribution in [0.15, 0.2) is 12.4 Å². The number of aliphatic carboxylic acids is 1. The molecule has 0 aromatic carbocycles. The SMILES string of the molecule is Cc1nnc(NC(=O)NC(C(=O)O)c2cnn(C)c2)s1. The van der Waals surface area contributed by atoms with Crippen LogP contribution in [0.3, 0.4) is 0 Å². The van der Waals surface area contributed by atoms with Crippen LogP contribution in [-0.2, 0) is 11.8 Å². The van der Waals surface area contributed by atoms with E-state index in [2.05, 4.69) is 25.9 Å². The minimum atomic E-state index is -1.18. The summed E-state index contributed by atoms with van der Waals surface area (Å²) in [5.74, 6) is -1.18. The van der Waals surface area contributed by atoms with Crippen LogP contribution in [0.25, 0.3) is 0 Å². The highest BCUT2D eigenvalue weighted by Crippen LogP contribution is 2.15. The smallest absolute Gasteiger partial charge is 0.331 e. The maximum atomic E-state index is 11.7. The Kier molecular flexibility index (Phi) is 3.94. The van der Waals surface area contributed by atoms with Gasteiger partial charge in [0.05, 0.1) is 6.20 Å². The maximum Gasteiger partial charge on any atom is 0.331 e. The third kappa shape index (κ3) is 3.29. The Bertz CT molecular complexity index is 636. The zero-order valence-electron chi connectivity index (χ0n) is 10.7. The molecule has 3 N–H and O–H groups in total. The molecular formula is C10H12N6O3S. The summed E-state index contributed by atoms with van der Waals surface area (Å²) in [6.07, 6.45) is 2.91. The number of urea groups is 1. The number of amides is 2. The van der Waals surface area contributed by atoms with E-state index in [0.717, 1.165) is 0 Å². The lowest BCUT2D eigenvalue weighted by atomic mass is 10.2. The first-order chi connectivity index (χ1) is 9.45. The number of carbonyl (C=O) groups is 2. The van der Waals surface area contributed by atoms with E-state index in [-0.39, 0.29) is 0 Å². The summed E-state index contributed by atoms with van der Waals surface area (Å²) in [7, 11) is 1.66. The number of carboxylic acid groups (broad SMARTS) is 1. The first-order valence-corrected chi connectivity index (χ1v) is 6.36. The highest BCUT2D eigenvalue weighted by molar-refractivity contribution is 7.15. The molecule has 0 saturated carbocycles. The van der Waals surface area contributed by atoms with Gasteiger partial charge in [0.15, 0.2) is 6.04 Å². The van der Waals surface area contributed by atoms with Gasteiger partial charge in [0.25, 0.3) is 0 Å². The Morgan fingerprint density at radius 1 is 1.45 bits per heavy atom. The summed E-state index contributed by atoms with van der Waals surface area (Å²) in [6.45, 7) is 1.75. The summed E-state index contributed by atoms with van der Waals surface area (Å²) >= 11 is 1.19. The van der Waals surface area contributed by atoms with Crippen LogP contribution in [0, 0.1) is 6.92 Å². The number of hydrogen-bond acceptors (Lipinski definition) is 6. The van der Waals surface area contributed by atoms with Crippen molar-refractivity contribution in [2.24, 2.45) is 7.05 Å². The molecule has 0 aliphatic carbocycles. The summed E-state index contributed by atoms with van der Waals surface area (Å²) in [4.78, 5) is 22.9. The lowest BCUT2D eigenvalue weighted by Crippen LogP contribution is -2.36. The molecule has 0 aliphatic heterocycles. The molecule has 10 heteroatoms. The second-order valence-electron chi connectivity index (χ2n) is 3.94. The minimum Gasteiger partial charge on any atom is -0.479 e. The third-order valence-electron chi connectivity index (χ3n) is 2.33. The van der Waals surface area contributed by atoms with Gasteiger partial charge in [-0.25, -0.2) is 9.59 Å². The van der Waals surface area contributed by atoms with Gasteiger partial charge in [-0.05, 0) is 6.92 Å². The average Bonchev–Trinajstić information content (AvgIpc) is 2.95. The summed E-state index contributed by atoms with van der Waals surface area (Å²) in [6, 6.07) is -1.85. The second-order valence-corrected chi connectivity index (χ2v) is 5.12. The summed E-state index contributed by atoms with van der Waals surface area (Å²) < 4.78 is 1.46. The molecule has 0 aliphatic rings. The number of aryl methyl sites for hydroxylation is 2. The zero-order valence-corrected chi connectivity index (χ0v) is 11.5. The van der Waals surface area contributed by atoms with Crippen molar-refractivity contribution in [2.45, 2.75) is 13.0 Å². The molecule has 1 atom stereocenters. The molecule has 9 nitrogen and oxygen atoms in total. The van der Waals surface area contributed by atoms with Crippen molar-refractivity contribution in [3.05, 3.63) is 23.0 Å². The van der Waals surface area contributed by atoms with Gasteiger partial charge in [-0.1, -0.05) is 11.3 Å². The Balaban J connectivity index is 2.05. The first-order valence-electron chi connectivity index (χ1n) is 5.54. The largest absolute Gasteiger partial charge is 0.479 e. The van der Waals surface area contributed by atoms with Crippen molar-refractivity contribution in [3.8, 4) is 0 Å². The fourth-order valence-electron chi connectivity index (χ4n) is 1.49. The highest BCUT2D eigenvalue weighted by Gasteiger charge is 2.23.